The molecule has 0 radical (unpaired) electrons. The Labute approximate surface area is 157 Å². The highest BCUT2D eigenvalue weighted by molar-refractivity contribution is 5.98. The molecule has 2 aromatic rings. The zero-order valence-corrected chi connectivity index (χ0v) is 16.0. The number of hydrogen-bond donors (Lipinski definition) is 2. The lowest BCUT2D eigenvalue weighted by Gasteiger charge is -2.11. The molecule has 1 aliphatic rings. The van der Waals surface area contributed by atoms with Crippen molar-refractivity contribution >= 4 is 17.6 Å². The summed E-state index contributed by atoms with van der Waals surface area (Å²) in [5, 5.41) is 9.85. The van der Waals surface area contributed by atoms with Gasteiger partial charge in [-0.15, -0.1) is 0 Å². The molecule has 3 rings (SSSR count). The van der Waals surface area contributed by atoms with E-state index in [1.165, 1.54) is 7.11 Å². The summed E-state index contributed by atoms with van der Waals surface area (Å²) < 4.78 is 7.09. The third kappa shape index (κ3) is 3.71. The number of ether oxygens (including phenoxy) is 1. The van der Waals surface area contributed by atoms with Crippen molar-refractivity contribution in [3.8, 4) is 5.88 Å². The summed E-state index contributed by atoms with van der Waals surface area (Å²) in [4.78, 5) is 30.8. The van der Waals surface area contributed by atoms with Crippen molar-refractivity contribution in [3.63, 3.8) is 0 Å². The Morgan fingerprint density at radius 2 is 2.11 bits per heavy atom. The van der Waals surface area contributed by atoms with Crippen molar-refractivity contribution in [2.75, 3.05) is 19.0 Å². The molecule has 0 spiro atoms. The SMILES string of the molecule is CCN1Cc2nc(OC)c(CNC(=O)Nc3cn(CC)nc3C)cc2C1=O. The quantitative estimate of drug-likeness (QED) is 0.807. The molecule has 0 unspecified atom stereocenters. The first kappa shape index (κ1) is 18.7. The van der Waals surface area contributed by atoms with Crippen LogP contribution in [-0.2, 0) is 19.6 Å². The van der Waals surface area contributed by atoms with Gasteiger partial charge in [0, 0.05) is 31.4 Å². The minimum absolute atomic E-state index is 0.0454. The van der Waals surface area contributed by atoms with E-state index in [-0.39, 0.29) is 18.5 Å². The Hall–Kier alpha value is -3.10. The van der Waals surface area contributed by atoms with Gasteiger partial charge in [-0.3, -0.25) is 9.48 Å². The zero-order chi connectivity index (χ0) is 19.6. The standard InChI is InChI=1S/C18H24N6O3/c1-5-23-9-15-13(17(23)25)7-12(16(20-15)27-4)8-19-18(26)21-14-10-24(6-2)22-11(14)3/h7,10H,5-6,8-9H2,1-4H3,(H2,19,21,26). The number of hydrogen-bond acceptors (Lipinski definition) is 5. The predicted molar refractivity (Wildman–Crippen MR) is 99.7 cm³/mol. The van der Waals surface area contributed by atoms with Crippen molar-refractivity contribution in [3.05, 3.63) is 34.8 Å². The molecular formula is C18H24N6O3. The summed E-state index contributed by atoms with van der Waals surface area (Å²) in [5.74, 6) is 0.366. The van der Waals surface area contributed by atoms with Crippen molar-refractivity contribution in [1.29, 1.82) is 0 Å². The van der Waals surface area contributed by atoms with Crippen LogP contribution in [0.2, 0.25) is 0 Å². The third-order valence-electron chi connectivity index (χ3n) is 4.53. The summed E-state index contributed by atoms with van der Waals surface area (Å²) in [6, 6.07) is 1.39. The zero-order valence-electron chi connectivity index (χ0n) is 16.0. The Kier molecular flexibility index (Phi) is 5.29. The predicted octanol–water partition coefficient (Wildman–Crippen LogP) is 1.91. The van der Waals surface area contributed by atoms with Gasteiger partial charge in [-0.2, -0.15) is 5.10 Å². The smallest absolute Gasteiger partial charge is 0.319 e. The number of methoxy groups -OCH3 is 1. The number of amides is 3. The number of anilines is 1. The molecule has 0 bridgehead atoms. The van der Waals surface area contributed by atoms with Crippen LogP contribution < -0.4 is 15.4 Å². The highest BCUT2D eigenvalue weighted by Gasteiger charge is 2.29. The Morgan fingerprint density at radius 3 is 2.74 bits per heavy atom. The van der Waals surface area contributed by atoms with E-state index in [2.05, 4.69) is 20.7 Å². The van der Waals surface area contributed by atoms with Gasteiger partial charge in [-0.1, -0.05) is 0 Å². The average molecular weight is 372 g/mol. The average Bonchev–Trinajstić information content (AvgIpc) is 3.18. The van der Waals surface area contributed by atoms with Crippen LogP contribution in [0.1, 0.15) is 41.2 Å². The van der Waals surface area contributed by atoms with Crippen LogP contribution >= 0.6 is 0 Å². The first-order valence-corrected chi connectivity index (χ1v) is 8.91. The van der Waals surface area contributed by atoms with Crippen LogP contribution in [0, 0.1) is 6.92 Å². The van der Waals surface area contributed by atoms with Gasteiger partial charge in [0.15, 0.2) is 0 Å². The Morgan fingerprint density at radius 1 is 1.33 bits per heavy atom. The number of nitrogens with zero attached hydrogens (tertiary/aromatic N) is 4. The summed E-state index contributed by atoms with van der Waals surface area (Å²) in [6.07, 6.45) is 1.78. The first-order valence-electron chi connectivity index (χ1n) is 8.91. The van der Waals surface area contributed by atoms with Crippen molar-refractivity contribution in [2.24, 2.45) is 0 Å². The number of fused-ring (bicyclic) bond motifs is 1. The molecule has 0 aromatic carbocycles. The van der Waals surface area contributed by atoms with Gasteiger partial charge >= 0.3 is 6.03 Å². The number of rotatable bonds is 6. The van der Waals surface area contributed by atoms with E-state index < -0.39 is 0 Å². The van der Waals surface area contributed by atoms with Gasteiger partial charge < -0.3 is 20.3 Å². The summed E-state index contributed by atoms with van der Waals surface area (Å²) in [5.41, 5.74) is 3.32. The minimum atomic E-state index is -0.363. The van der Waals surface area contributed by atoms with E-state index >= 15 is 0 Å². The van der Waals surface area contributed by atoms with E-state index in [1.54, 1.807) is 21.8 Å². The third-order valence-corrected chi connectivity index (χ3v) is 4.53. The number of nitrogens with one attached hydrogen (secondary N) is 2. The molecule has 0 fully saturated rings. The largest absolute Gasteiger partial charge is 0.481 e. The van der Waals surface area contributed by atoms with Crippen LogP contribution in [0.3, 0.4) is 0 Å². The molecule has 3 heterocycles. The molecule has 3 amide bonds. The first-order chi connectivity index (χ1) is 13.0. The van der Waals surface area contributed by atoms with Gasteiger partial charge in [0.25, 0.3) is 5.91 Å². The molecule has 1 aliphatic heterocycles. The second kappa shape index (κ2) is 7.65. The molecule has 0 atom stereocenters. The highest BCUT2D eigenvalue weighted by Crippen LogP contribution is 2.27. The summed E-state index contributed by atoms with van der Waals surface area (Å²) in [6.45, 7) is 7.76. The van der Waals surface area contributed by atoms with Crippen molar-refractivity contribution < 1.29 is 14.3 Å². The molecule has 9 nitrogen and oxygen atoms in total. The minimum Gasteiger partial charge on any atom is -0.481 e. The molecule has 144 valence electrons. The lowest BCUT2D eigenvalue weighted by Crippen LogP contribution is -2.28. The van der Waals surface area contributed by atoms with Crippen LogP contribution in [0.5, 0.6) is 5.88 Å². The maximum Gasteiger partial charge on any atom is 0.319 e. The van der Waals surface area contributed by atoms with E-state index in [1.807, 2.05) is 20.8 Å². The molecule has 2 aromatic heterocycles. The Balaban J connectivity index is 1.70. The van der Waals surface area contributed by atoms with E-state index in [0.717, 1.165) is 12.2 Å². The fourth-order valence-corrected chi connectivity index (χ4v) is 3.01. The van der Waals surface area contributed by atoms with Crippen LogP contribution in [-0.4, -0.2) is 45.3 Å². The second-order valence-corrected chi connectivity index (χ2v) is 6.26. The van der Waals surface area contributed by atoms with Crippen LogP contribution in [0.4, 0.5) is 10.5 Å². The number of pyridine rings is 1. The van der Waals surface area contributed by atoms with Crippen LogP contribution in [0.15, 0.2) is 12.3 Å². The van der Waals surface area contributed by atoms with E-state index in [9.17, 15) is 9.59 Å². The number of carbonyl (C=O) groups is 2. The monoisotopic (exact) mass is 372 g/mol. The van der Waals surface area contributed by atoms with Gasteiger partial charge in [-0.25, -0.2) is 9.78 Å². The van der Waals surface area contributed by atoms with E-state index in [4.69, 9.17) is 4.74 Å². The topological polar surface area (TPSA) is 101 Å². The van der Waals surface area contributed by atoms with Gasteiger partial charge in [0.05, 0.1) is 36.3 Å². The molecule has 0 aliphatic carbocycles. The number of aromatic nitrogens is 3. The number of urea groups is 1. The second-order valence-electron chi connectivity index (χ2n) is 6.26. The van der Waals surface area contributed by atoms with Crippen LogP contribution in [0.25, 0.3) is 0 Å². The fraction of sp³-hybridized carbons (Fsp3) is 0.444. The van der Waals surface area contributed by atoms with Gasteiger partial charge in [0.1, 0.15) is 0 Å². The summed E-state index contributed by atoms with van der Waals surface area (Å²) >= 11 is 0. The molecule has 27 heavy (non-hydrogen) atoms. The molecule has 0 saturated carbocycles. The highest BCUT2D eigenvalue weighted by atomic mass is 16.5. The maximum atomic E-state index is 12.4. The Bertz CT molecular complexity index is 876. The fourth-order valence-electron chi connectivity index (χ4n) is 3.01. The molecular weight excluding hydrogens is 348 g/mol. The van der Waals surface area contributed by atoms with Gasteiger partial charge in [0.2, 0.25) is 5.88 Å². The van der Waals surface area contributed by atoms with Crippen molar-refractivity contribution in [1.82, 2.24) is 25.0 Å². The lowest BCUT2D eigenvalue weighted by atomic mass is 10.1. The maximum absolute atomic E-state index is 12.4. The normalized spacial score (nSPS) is 12.9. The number of carbonyl (C=O) groups excluding carboxylic acids is 2. The number of aryl methyl sites for hydroxylation is 2. The molecule has 0 saturated heterocycles. The molecule has 2 N–H and O–H groups in total. The molecule has 9 heteroatoms. The van der Waals surface area contributed by atoms with E-state index in [0.29, 0.717) is 41.5 Å². The van der Waals surface area contributed by atoms with Crippen molar-refractivity contribution in [2.45, 2.75) is 40.4 Å². The summed E-state index contributed by atoms with van der Waals surface area (Å²) in [7, 11) is 1.52. The lowest BCUT2D eigenvalue weighted by molar-refractivity contribution is 0.0786. The van der Waals surface area contributed by atoms with Gasteiger partial charge in [-0.05, 0) is 26.8 Å².